The molecule has 27 heavy (non-hydrogen) atoms. The Balaban J connectivity index is 2.04. The van der Waals surface area contributed by atoms with Crippen LogP contribution in [-0.4, -0.2) is 26.8 Å². The maximum atomic E-state index is 12.2. The third-order valence-electron chi connectivity index (χ3n) is 3.74. The van der Waals surface area contributed by atoms with Crippen molar-refractivity contribution in [3.05, 3.63) is 77.9 Å². The summed E-state index contributed by atoms with van der Waals surface area (Å²) in [5.41, 5.74) is 6.18. The van der Waals surface area contributed by atoms with Gasteiger partial charge in [0.2, 0.25) is 10.0 Å². The third-order valence-corrected chi connectivity index (χ3v) is 5.16. The lowest BCUT2D eigenvalue weighted by molar-refractivity contribution is 0.0846. The van der Waals surface area contributed by atoms with Crippen molar-refractivity contribution in [3.63, 3.8) is 0 Å². The number of carbonyl (C=O) groups excluding carboxylic acids is 2. The van der Waals surface area contributed by atoms with Crippen LogP contribution < -0.4 is 15.6 Å². The molecule has 0 spiro atoms. The number of nitrogens with one attached hydrogen (secondary N) is 3. The van der Waals surface area contributed by atoms with Crippen LogP contribution in [0.25, 0.3) is 0 Å². The van der Waals surface area contributed by atoms with Crippen LogP contribution in [0.3, 0.4) is 0 Å². The number of carbonyl (C=O) groups is 2. The first kappa shape index (κ1) is 20.3. The molecule has 0 fully saturated rings. The van der Waals surface area contributed by atoms with E-state index in [-0.39, 0.29) is 17.0 Å². The average molecular weight is 387 g/mol. The minimum absolute atomic E-state index is 0.0570. The van der Waals surface area contributed by atoms with Gasteiger partial charge in [-0.15, -0.1) is 6.58 Å². The van der Waals surface area contributed by atoms with Gasteiger partial charge in [0.15, 0.2) is 0 Å². The molecule has 0 bridgehead atoms. The number of hydrogen-bond acceptors (Lipinski definition) is 4. The van der Waals surface area contributed by atoms with E-state index in [4.69, 9.17) is 0 Å². The number of hydrazine groups is 1. The minimum Gasteiger partial charge on any atom is -0.267 e. The first-order chi connectivity index (χ1) is 12.9. The van der Waals surface area contributed by atoms with E-state index in [0.717, 1.165) is 12.0 Å². The van der Waals surface area contributed by atoms with Crippen molar-refractivity contribution in [2.45, 2.75) is 18.2 Å². The van der Waals surface area contributed by atoms with Crippen LogP contribution in [0.1, 0.15) is 33.2 Å². The Morgan fingerprint density at radius 1 is 1.00 bits per heavy atom. The number of hydrogen-bond donors (Lipinski definition) is 3. The normalized spacial score (nSPS) is 10.9. The highest BCUT2D eigenvalue weighted by Gasteiger charge is 2.16. The smallest absolute Gasteiger partial charge is 0.267 e. The lowest BCUT2D eigenvalue weighted by atomic mass is 10.1. The predicted octanol–water partition coefficient (Wildman–Crippen LogP) is 1.79. The molecule has 0 saturated heterocycles. The lowest BCUT2D eigenvalue weighted by Gasteiger charge is -2.09. The van der Waals surface area contributed by atoms with Crippen LogP contribution in [0.2, 0.25) is 0 Å². The third kappa shape index (κ3) is 5.50. The van der Waals surface area contributed by atoms with Crippen LogP contribution in [-0.2, 0) is 16.4 Å². The van der Waals surface area contributed by atoms with Crippen molar-refractivity contribution >= 4 is 21.8 Å². The van der Waals surface area contributed by atoms with Crippen molar-refractivity contribution in [3.8, 4) is 0 Å². The van der Waals surface area contributed by atoms with Gasteiger partial charge in [0.1, 0.15) is 0 Å². The molecule has 7 nitrogen and oxygen atoms in total. The van der Waals surface area contributed by atoms with Gasteiger partial charge >= 0.3 is 0 Å². The minimum atomic E-state index is -3.75. The lowest BCUT2D eigenvalue weighted by Crippen LogP contribution is -2.41. The van der Waals surface area contributed by atoms with Gasteiger partial charge in [-0.1, -0.05) is 31.2 Å². The van der Waals surface area contributed by atoms with Crippen molar-refractivity contribution in [2.75, 3.05) is 6.54 Å². The molecule has 2 rings (SSSR count). The highest BCUT2D eigenvalue weighted by atomic mass is 32.2. The van der Waals surface area contributed by atoms with E-state index in [1.807, 2.05) is 19.1 Å². The molecule has 142 valence electrons. The first-order valence-corrected chi connectivity index (χ1v) is 9.76. The van der Waals surface area contributed by atoms with E-state index in [1.165, 1.54) is 30.3 Å². The largest absolute Gasteiger partial charge is 0.269 e. The Kier molecular flexibility index (Phi) is 6.86. The second-order valence-corrected chi connectivity index (χ2v) is 7.39. The Bertz CT molecular complexity index is 938. The summed E-state index contributed by atoms with van der Waals surface area (Å²) in [6, 6.07) is 12.5. The van der Waals surface area contributed by atoms with E-state index in [2.05, 4.69) is 22.2 Å². The zero-order chi connectivity index (χ0) is 19.9. The summed E-state index contributed by atoms with van der Waals surface area (Å²) in [6.07, 6.45) is 2.27. The summed E-state index contributed by atoms with van der Waals surface area (Å²) < 4.78 is 26.5. The van der Waals surface area contributed by atoms with Crippen molar-refractivity contribution < 1.29 is 18.0 Å². The number of aryl methyl sites for hydroxylation is 1. The predicted molar refractivity (Wildman–Crippen MR) is 103 cm³/mol. The number of rotatable bonds is 7. The first-order valence-electron chi connectivity index (χ1n) is 8.27. The molecule has 0 heterocycles. The fourth-order valence-corrected chi connectivity index (χ4v) is 3.25. The van der Waals surface area contributed by atoms with Gasteiger partial charge in [-0.25, -0.2) is 13.1 Å². The monoisotopic (exact) mass is 387 g/mol. The summed E-state index contributed by atoms with van der Waals surface area (Å²) >= 11 is 0. The Hall–Kier alpha value is -2.97. The van der Waals surface area contributed by atoms with Gasteiger partial charge in [-0.2, -0.15) is 0 Å². The quantitative estimate of drug-likeness (QED) is 0.498. The van der Waals surface area contributed by atoms with E-state index in [0.29, 0.717) is 5.56 Å². The van der Waals surface area contributed by atoms with E-state index in [1.54, 1.807) is 12.1 Å². The van der Waals surface area contributed by atoms with Crippen molar-refractivity contribution in [2.24, 2.45) is 0 Å². The van der Waals surface area contributed by atoms with E-state index in [9.17, 15) is 18.0 Å². The summed E-state index contributed by atoms with van der Waals surface area (Å²) in [5, 5.41) is 0. The van der Waals surface area contributed by atoms with Crippen LogP contribution in [0.5, 0.6) is 0 Å². The van der Waals surface area contributed by atoms with Crippen LogP contribution in [0.15, 0.2) is 66.1 Å². The molecule has 0 unspecified atom stereocenters. The molecule has 2 amide bonds. The molecule has 8 heteroatoms. The van der Waals surface area contributed by atoms with Gasteiger partial charge in [-0.3, -0.25) is 20.4 Å². The SMILES string of the molecule is C=CCNS(=O)(=O)c1cccc(C(=O)NNC(=O)c2ccc(CC)cc2)c1. The fraction of sp³-hybridized carbons (Fsp3) is 0.158. The highest BCUT2D eigenvalue weighted by Crippen LogP contribution is 2.11. The van der Waals surface area contributed by atoms with Gasteiger partial charge in [0, 0.05) is 17.7 Å². The Morgan fingerprint density at radius 2 is 1.63 bits per heavy atom. The highest BCUT2D eigenvalue weighted by molar-refractivity contribution is 7.89. The van der Waals surface area contributed by atoms with E-state index < -0.39 is 21.8 Å². The molecular formula is C19H21N3O4S. The maximum Gasteiger partial charge on any atom is 0.269 e. The second kappa shape index (κ2) is 9.11. The molecule has 0 radical (unpaired) electrons. The molecule has 3 N–H and O–H groups in total. The molecule has 0 aliphatic rings. The van der Waals surface area contributed by atoms with Gasteiger partial charge in [0.05, 0.1) is 4.90 Å². The zero-order valence-electron chi connectivity index (χ0n) is 14.9. The fourth-order valence-electron chi connectivity index (χ4n) is 2.21. The molecule has 2 aromatic carbocycles. The van der Waals surface area contributed by atoms with Gasteiger partial charge in [-0.05, 0) is 42.3 Å². The average Bonchev–Trinajstić information content (AvgIpc) is 2.70. The van der Waals surface area contributed by atoms with Crippen molar-refractivity contribution in [1.82, 2.24) is 15.6 Å². The molecule has 0 atom stereocenters. The van der Waals surface area contributed by atoms with Crippen LogP contribution >= 0.6 is 0 Å². The molecule has 0 aliphatic heterocycles. The molecule has 0 aliphatic carbocycles. The zero-order valence-corrected chi connectivity index (χ0v) is 15.7. The maximum absolute atomic E-state index is 12.2. The topological polar surface area (TPSA) is 104 Å². The summed E-state index contributed by atoms with van der Waals surface area (Å²) in [6.45, 7) is 5.53. The summed E-state index contributed by atoms with van der Waals surface area (Å²) in [4.78, 5) is 24.2. The Morgan fingerprint density at radius 3 is 2.22 bits per heavy atom. The standard InChI is InChI=1S/C19H21N3O4S/c1-3-12-20-27(25,26)17-7-5-6-16(13-17)19(24)22-21-18(23)15-10-8-14(4-2)9-11-15/h3,5-11,13,20H,1,4,12H2,2H3,(H,21,23)(H,22,24). The summed E-state index contributed by atoms with van der Waals surface area (Å²) in [7, 11) is -3.75. The van der Waals surface area contributed by atoms with Crippen LogP contribution in [0.4, 0.5) is 0 Å². The molecule has 2 aromatic rings. The number of sulfonamides is 1. The molecular weight excluding hydrogens is 366 g/mol. The van der Waals surface area contributed by atoms with Crippen LogP contribution in [0, 0.1) is 0 Å². The van der Waals surface area contributed by atoms with Crippen molar-refractivity contribution in [1.29, 1.82) is 0 Å². The van der Waals surface area contributed by atoms with Gasteiger partial charge in [0.25, 0.3) is 11.8 Å². The summed E-state index contributed by atoms with van der Waals surface area (Å²) in [5.74, 6) is -1.10. The molecule has 0 aromatic heterocycles. The number of benzene rings is 2. The van der Waals surface area contributed by atoms with Gasteiger partial charge < -0.3 is 0 Å². The molecule has 0 saturated carbocycles. The number of amides is 2. The second-order valence-electron chi connectivity index (χ2n) is 5.63. The Labute approximate surface area is 158 Å². The van der Waals surface area contributed by atoms with E-state index >= 15 is 0 Å².